The van der Waals surface area contributed by atoms with E-state index < -0.39 is 11.8 Å². The number of aromatic nitrogens is 1. The molecule has 0 saturated carbocycles. The lowest BCUT2D eigenvalue weighted by Crippen LogP contribution is -2.32. The number of methoxy groups -OCH3 is 1. The molecule has 0 radical (unpaired) electrons. The topological polar surface area (TPSA) is 33.3 Å². The van der Waals surface area contributed by atoms with Gasteiger partial charge in [0, 0.05) is 17.9 Å². The van der Waals surface area contributed by atoms with Crippen molar-refractivity contribution in [2.45, 2.75) is 25.6 Å². The van der Waals surface area contributed by atoms with Gasteiger partial charge in [0.05, 0.1) is 5.56 Å². The van der Waals surface area contributed by atoms with Crippen molar-refractivity contribution >= 4 is 0 Å². The van der Waals surface area contributed by atoms with Gasteiger partial charge >= 0.3 is 0 Å². The van der Waals surface area contributed by atoms with Crippen LogP contribution in [0, 0.1) is 0 Å². The quantitative estimate of drug-likeness (QED) is 0.594. The number of pyridine rings is 1. The smallest absolute Gasteiger partial charge is 0.228 e. The first-order valence-electron chi connectivity index (χ1n) is 4.37. The first-order valence-corrected chi connectivity index (χ1v) is 4.37. The highest BCUT2D eigenvalue weighted by atomic mass is 19.1. The van der Waals surface area contributed by atoms with E-state index in [1.807, 2.05) is 0 Å². The highest BCUT2D eigenvalue weighted by Crippen LogP contribution is 2.30. The van der Waals surface area contributed by atoms with Crippen LogP contribution < -0.4 is 4.73 Å². The van der Waals surface area contributed by atoms with E-state index in [2.05, 4.69) is 0 Å². The largest absolute Gasteiger partial charge is 0.373 e. The Morgan fingerprint density at radius 3 is 2.64 bits per heavy atom. The second-order valence-corrected chi connectivity index (χ2v) is 3.70. The van der Waals surface area contributed by atoms with Crippen LogP contribution in [0.5, 0.6) is 0 Å². The Morgan fingerprint density at radius 2 is 2.21 bits per heavy atom. The standard InChI is InChI=1S/C10H15FNO2/c1-10(2,11)9(14-3)8-5-4-6-12(13)7-8/h4-7,9,13H,1-3H3/q+1. The van der Waals surface area contributed by atoms with E-state index >= 15 is 0 Å². The van der Waals surface area contributed by atoms with E-state index in [-0.39, 0.29) is 0 Å². The highest BCUT2D eigenvalue weighted by molar-refractivity contribution is 5.13. The Labute approximate surface area is 82.7 Å². The molecule has 0 aliphatic heterocycles. The maximum absolute atomic E-state index is 13.7. The van der Waals surface area contributed by atoms with E-state index in [4.69, 9.17) is 9.94 Å². The molecule has 3 nitrogen and oxygen atoms in total. The van der Waals surface area contributed by atoms with E-state index in [1.54, 1.807) is 12.1 Å². The second-order valence-electron chi connectivity index (χ2n) is 3.70. The zero-order chi connectivity index (χ0) is 10.8. The predicted octanol–water partition coefficient (Wildman–Crippen LogP) is 1.65. The summed E-state index contributed by atoms with van der Waals surface area (Å²) in [6, 6.07) is 3.34. The molecule has 78 valence electrons. The number of hydrogen-bond acceptors (Lipinski definition) is 2. The van der Waals surface area contributed by atoms with Gasteiger partial charge in [0.2, 0.25) is 12.4 Å². The fourth-order valence-corrected chi connectivity index (χ4v) is 1.45. The van der Waals surface area contributed by atoms with Crippen molar-refractivity contribution in [1.82, 2.24) is 0 Å². The summed E-state index contributed by atoms with van der Waals surface area (Å²) in [4.78, 5) is 0. The molecule has 1 aromatic rings. The minimum Gasteiger partial charge on any atom is -0.373 e. The van der Waals surface area contributed by atoms with Crippen LogP contribution in [0.4, 0.5) is 4.39 Å². The van der Waals surface area contributed by atoms with Gasteiger partial charge < -0.3 is 4.74 Å². The van der Waals surface area contributed by atoms with Crippen LogP contribution in [0.2, 0.25) is 0 Å². The molecule has 1 unspecified atom stereocenters. The predicted molar refractivity (Wildman–Crippen MR) is 48.8 cm³/mol. The van der Waals surface area contributed by atoms with Crippen molar-refractivity contribution in [2.75, 3.05) is 7.11 Å². The maximum Gasteiger partial charge on any atom is 0.228 e. The van der Waals surface area contributed by atoms with Crippen molar-refractivity contribution in [3.63, 3.8) is 0 Å². The zero-order valence-electron chi connectivity index (χ0n) is 8.57. The third-order valence-corrected chi connectivity index (χ3v) is 1.97. The average molecular weight is 200 g/mol. The fourth-order valence-electron chi connectivity index (χ4n) is 1.45. The molecule has 4 heteroatoms. The highest BCUT2D eigenvalue weighted by Gasteiger charge is 2.32. The minimum atomic E-state index is -1.48. The molecule has 0 amide bonds. The summed E-state index contributed by atoms with van der Waals surface area (Å²) < 4.78 is 19.6. The van der Waals surface area contributed by atoms with Gasteiger partial charge in [-0.15, -0.1) is 0 Å². The van der Waals surface area contributed by atoms with Crippen molar-refractivity contribution in [3.05, 3.63) is 30.1 Å². The van der Waals surface area contributed by atoms with Crippen molar-refractivity contribution in [2.24, 2.45) is 0 Å². The van der Waals surface area contributed by atoms with Gasteiger partial charge in [0.25, 0.3) is 0 Å². The second kappa shape index (κ2) is 3.92. The molecule has 0 aliphatic rings. The lowest BCUT2D eigenvalue weighted by molar-refractivity contribution is -0.905. The molecule has 0 aliphatic carbocycles. The number of rotatable bonds is 3. The number of hydrogen-bond donors (Lipinski definition) is 1. The van der Waals surface area contributed by atoms with E-state index in [9.17, 15) is 4.39 Å². The van der Waals surface area contributed by atoms with Gasteiger partial charge in [-0.2, -0.15) is 0 Å². The Bertz CT molecular complexity index is 309. The first-order chi connectivity index (χ1) is 6.45. The minimum absolute atomic E-state index is 0.602. The summed E-state index contributed by atoms with van der Waals surface area (Å²) in [7, 11) is 1.45. The molecule has 1 N–H and O–H groups in total. The molecular formula is C10H15FNO2+. The third-order valence-electron chi connectivity index (χ3n) is 1.97. The van der Waals surface area contributed by atoms with Crippen LogP contribution in [0.3, 0.4) is 0 Å². The summed E-state index contributed by atoms with van der Waals surface area (Å²) in [6.45, 7) is 2.88. The molecule has 0 fully saturated rings. The van der Waals surface area contributed by atoms with Crippen molar-refractivity contribution < 1.29 is 19.1 Å². The molecule has 1 rings (SSSR count). The van der Waals surface area contributed by atoms with Crippen LogP contribution in [0.15, 0.2) is 24.5 Å². The SMILES string of the molecule is COC(c1ccc[n+](O)c1)C(C)(C)F. The van der Waals surface area contributed by atoms with Gasteiger partial charge in [-0.25, -0.2) is 4.39 Å². The number of ether oxygens (including phenoxy) is 1. The lowest BCUT2D eigenvalue weighted by atomic mass is 9.98. The Hall–Kier alpha value is -1.16. The average Bonchev–Trinajstić information content (AvgIpc) is 2.02. The Kier molecular flexibility index (Phi) is 3.06. The molecule has 0 saturated heterocycles. The van der Waals surface area contributed by atoms with Crippen molar-refractivity contribution in [3.8, 4) is 0 Å². The molecule has 1 aromatic heterocycles. The van der Waals surface area contributed by atoms with E-state index in [0.717, 1.165) is 4.73 Å². The number of nitrogens with zero attached hydrogens (tertiary/aromatic N) is 1. The Morgan fingerprint density at radius 1 is 1.57 bits per heavy atom. The molecular weight excluding hydrogens is 185 g/mol. The molecule has 0 bridgehead atoms. The van der Waals surface area contributed by atoms with Crippen LogP contribution in [0.25, 0.3) is 0 Å². The Balaban J connectivity index is 3.01. The third kappa shape index (κ3) is 2.42. The first kappa shape index (κ1) is 10.9. The molecule has 0 aromatic carbocycles. The molecule has 14 heavy (non-hydrogen) atoms. The maximum atomic E-state index is 13.7. The van der Waals surface area contributed by atoms with E-state index in [1.165, 1.54) is 33.4 Å². The summed E-state index contributed by atoms with van der Waals surface area (Å²) >= 11 is 0. The summed E-state index contributed by atoms with van der Waals surface area (Å²) in [6.07, 6.45) is 2.21. The van der Waals surface area contributed by atoms with Crippen molar-refractivity contribution in [1.29, 1.82) is 0 Å². The number of alkyl halides is 1. The molecule has 0 spiro atoms. The monoisotopic (exact) mass is 200 g/mol. The van der Waals surface area contributed by atoms with Crippen LogP contribution in [-0.4, -0.2) is 18.0 Å². The lowest BCUT2D eigenvalue weighted by Gasteiger charge is -2.24. The van der Waals surface area contributed by atoms with Crippen LogP contribution in [-0.2, 0) is 4.74 Å². The zero-order valence-corrected chi connectivity index (χ0v) is 8.57. The van der Waals surface area contributed by atoms with Gasteiger partial charge in [-0.1, -0.05) is 0 Å². The summed E-state index contributed by atoms with van der Waals surface area (Å²) in [5.74, 6) is 0. The van der Waals surface area contributed by atoms with E-state index in [0.29, 0.717) is 5.56 Å². The van der Waals surface area contributed by atoms with Gasteiger partial charge in [0.15, 0.2) is 0 Å². The van der Waals surface area contributed by atoms with Crippen LogP contribution >= 0.6 is 0 Å². The van der Waals surface area contributed by atoms with Crippen LogP contribution in [0.1, 0.15) is 25.5 Å². The number of halogens is 1. The molecule has 1 atom stereocenters. The van der Waals surface area contributed by atoms with Gasteiger partial charge in [-0.3, -0.25) is 5.21 Å². The summed E-state index contributed by atoms with van der Waals surface area (Å²) in [5, 5.41) is 9.16. The summed E-state index contributed by atoms with van der Waals surface area (Å²) in [5.41, 5.74) is -0.881. The fraction of sp³-hybridized carbons (Fsp3) is 0.500. The van der Waals surface area contributed by atoms with Gasteiger partial charge in [-0.05, 0) is 19.9 Å². The molecule has 1 heterocycles. The normalized spacial score (nSPS) is 14.0. The van der Waals surface area contributed by atoms with Gasteiger partial charge in [0.1, 0.15) is 11.8 Å².